The molecular weight excluding hydrogens is 374 g/mol. The quantitative estimate of drug-likeness (QED) is 0.793. The predicted molar refractivity (Wildman–Crippen MR) is 112 cm³/mol. The van der Waals surface area contributed by atoms with Gasteiger partial charge in [-0.25, -0.2) is 0 Å². The van der Waals surface area contributed by atoms with Crippen LogP contribution in [0, 0.1) is 6.92 Å². The molecule has 4 rings (SSSR count). The summed E-state index contributed by atoms with van der Waals surface area (Å²) in [6.45, 7) is 7.59. The standard InChI is InChI=1S/C21H28ClN5O/c1-16-13-20(24(2)23-16)21(28)27-8-4-7-19(15-27)26-11-9-25(10-12-26)18-6-3-5-17(22)14-18/h3,5-6,13-14,19H,4,7-12,15H2,1-2H3/t19-/m1/s1. The Morgan fingerprint density at radius 2 is 1.93 bits per heavy atom. The van der Waals surface area contributed by atoms with Gasteiger partial charge in [-0.3, -0.25) is 14.4 Å². The summed E-state index contributed by atoms with van der Waals surface area (Å²) < 4.78 is 1.70. The molecule has 0 spiro atoms. The van der Waals surface area contributed by atoms with Gasteiger partial charge in [0.05, 0.1) is 5.69 Å². The van der Waals surface area contributed by atoms with Crippen LogP contribution in [0.3, 0.4) is 0 Å². The highest BCUT2D eigenvalue weighted by atomic mass is 35.5. The first-order valence-electron chi connectivity index (χ1n) is 10.1. The van der Waals surface area contributed by atoms with Crippen LogP contribution in [-0.2, 0) is 7.05 Å². The molecule has 0 radical (unpaired) electrons. The van der Waals surface area contributed by atoms with Crippen LogP contribution < -0.4 is 4.90 Å². The van der Waals surface area contributed by atoms with E-state index >= 15 is 0 Å². The van der Waals surface area contributed by atoms with E-state index in [4.69, 9.17) is 11.6 Å². The third-order valence-electron chi connectivity index (χ3n) is 5.91. The molecule has 1 amide bonds. The largest absolute Gasteiger partial charge is 0.369 e. The fourth-order valence-corrected chi connectivity index (χ4v) is 4.61. The first kappa shape index (κ1) is 19.3. The van der Waals surface area contributed by atoms with E-state index in [0.717, 1.165) is 62.8 Å². The highest BCUT2D eigenvalue weighted by Gasteiger charge is 2.31. The van der Waals surface area contributed by atoms with Crippen molar-refractivity contribution >= 4 is 23.2 Å². The Morgan fingerprint density at radius 3 is 2.61 bits per heavy atom. The number of benzene rings is 1. The van der Waals surface area contributed by atoms with Gasteiger partial charge in [0, 0.05) is 63.1 Å². The molecule has 2 aromatic rings. The number of aryl methyl sites for hydroxylation is 2. The molecule has 150 valence electrons. The lowest BCUT2D eigenvalue weighted by molar-refractivity contribution is 0.0553. The van der Waals surface area contributed by atoms with Crippen LogP contribution in [-0.4, -0.2) is 70.8 Å². The maximum atomic E-state index is 13.0. The van der Waals surface area contributed by atoms with E-state index in [-0.39, 0.29) is 5.91 Å². The minimum atomic E-state index is 0.102. The van der Waals surface area contributed by atoms with Crippen LogP contribution in [0.1, 0.15) is 29.0 Å². The van der Waals surface area contributed by atoms with Gasteiger partial charge in [0.1, 0.15) is 5.69 Å². The molecule has 2 aliphatic rings. The van der Waals surface area contributed by atoms with Gasteiger partial charge in [0.15, 0.2) is 0 Å². The van der Waals surface area contributed by atoms with E-state index in [9.17, 15) is 4.79 Å². The van der Waals surface area contributed by atoms with Gasteiger partial charge in [-0.15, -0.1) is 0 Å². The number of hydrogen-bond acceptors (Lipinski definition) is 4. The Morgan fingerprint density at radius 1 is 1.14 bits per heavy atom. The first-order valence-corrected chi connectivity index (χ1v) is 10.4. The number of piperazine rings is 1. The van der Waals surface area contributed by atoms with Crippen LogP contribution in [0.2, 0.25) is 5.02 Å². The number of nitrogens with zero attached hydrogens (tertiary/aromatic N) is 5. The lowest BCUT2D eigenvalue weighted by Crippen LogP contribution is -2.56. The highest BCUT2D eigenvalue weighted by molar-refractivity contribution is 6.30. The van der Waals surface area contributed by atoms with Crippen molar-refractivity contribution in [2.24, 2.45) is 7.05 Å². The zero-order valence-corrected chi connectivity index (χ0v) is 17.4. The van der Waals surface area contributed by atoms with E-state index < -0.39 is 0 Å². The molecular formula is C21H28ClN5O. The summed E-state index contributed by atoms with van der Waals surface area (Å²) in [5.41, 5.74) is 2.76. The summed E-state index contributed by atoms with van der Waals surface area (Å²) in [4.78, 5) is 19.9. The topological polar surface area (TPSA) is 44.6 Å². The van der Waals surface area contributed by atoms with E-state index in [1.807, 2.05) is 43.1 Å². The van der Waals surface area contributed by atoms with Gasteiger partial charge in [-0.1, -0.05) is 17.7 Å². The normalized spacial score (nSPS) is 21.2. The predicted octanol–water partition coefficient (Wildman–Crippen LogP) is 2.81. The molecule has 0 N–H and O–H groups in total. The maximum absolute atomic E-state index is 13.0. The van der Waals surface area contributed by atoms with Gasteiger partial charge < -0.3 is 9.80 Å². The molecule has 2 aliphatic heterocycles. The minimum Gasteiger partial charge on any atom is -0.369 e. The average Bonchev–Trinajstić information content (AvgIpc) is 3.05. The molecule has 0 unspecified atom stereocenters. The lowest BCUT2D eigenvalue weighted by atomic mass is 10.0. The number of amides is 1. The smallest absolute Gasteiger partial charge is 0.272 e. The fraction of sp³-hybridized carbons (Fsp3) is 0.524. The number of halogens is 1. The molecule has 3 heterocycles. The van der Waals surface area contributed by atoms with Crippen LogP contribution in [0.4, 0.5) is 5.69 Å². The number of rotatable bonds is 3. The summed E-state index contributed by atoms with van der Waals surface area (Å²) in [6.07, 6.45) is 2.22. The SMILES string of the molecule is Cc1cc(C(=O)N2CCC[C@@H](N3CCN(c4cccc(Cl)c4)CC3)C2)n(C)n1. The van der Waals surface area contributed by atoms with Crippen molar-refractivity contribution in [3.05, 3.63) is 46.7 Å². The molecule has 1 atom stereocenters. The van der Waals surface area contributed by atoms with Crippen molar-refractivity contribution in [3.63, 3.8) is 0 Å². The third-order valence-corrected chi connectivity index (χ3v) is 6.14. The Balaban J connectivity index is 1.36. The molecule has 0 aliphatic carbocycles. The van der Waals surface area contributed by atoms with Gasteiger partial charge in [-0.2, -0.15) is 5.10 Å². The maximum Gasteiger partial charge on any atom is 0.272 e. The zero-order valence-electron chi connectivity index (χ0n) is 16.6. The van der Waals surface area contributed by atoms with Crippen LogP contribution in [0.15, 0.2) is 30.3 Å². The van der Waals surface area contributed by atoms with Gasteiger partial charge in [0.25, 0.3) is 5.91 Å². The molecule has 1 aromatic heterocycles. The second kappa shape index (κ2) is 8.13. The Kier molecular flexibility index (Phi) is 5.60. The summed E-state index contributed by atoms with van der Waals surface area (Å²) in [6, 6.07) is 10.4. The first-order chi connectivity index (χ1) is 13.5. The number of piperidine rings is 1. The van der Waals surface area contributed by atoms with E-state index in [0.29, 0.717) is 11.7 Å². The van der Waals surface area contributed by atoms with Crippen LogP contribution >= 0.6 is 11.6 Å². The monoisotopic (exact) mass is 401 g/mol. The molecule has 1 aromatic carbocycles. The van der Waals surface area contributed by atoms with Gasteiger partial charge in [0.2, 0.25) is 0 Å². The third kappa shape index (κ3) is 4.03. The van der Waals surface area contributed by atoms with Crippen molar-refractivity contribution in [2.45, 2.75) is 25.8 Å². The number of carbonyl (C=O) groups excluding carboxylic acids is 1. The molecule has 28 heavy (non-hydrogen) atoms. The fourth-order valence-electron chi connectivity index (χ4n) is 4.43. The molecule has 7 heteroatoms. The van der Waals surface area contributed by atoms with Crippen molar-refractivity contribution in [2.75, 3.05) is 44.2 Å². The van der Waals surface area contributed by atoms with Crippen molar-refractivity contribution in [1.29, 1.82) is 0 Å². The second-order valence-electron chi connectivity index (χ2n) is 7.84. The Bertz CT molecular complexity index is 843. The Hall–Kier alpha value is -2.05. The number of anilines is 1. The molecule has 2 fully saturated rings. The van der Waals surface area contributed by atoms with Crippen molar-refractivity contribution in [1.82, 2.24) is 19.6 Å². The summed E-state index contributed by atoms with van der Waals surface area (Å²) in [5.74, 6) is 0.102. The van der Waals surface area contributed by atoms with Crippen molar-refractivity contribution in [3.8, 4) is 0 Å². The number of aromatic nitrogens is 2. The lowest BCUT2D eigenvalue weighted by Gasteiger charge is -2.44. The Labute approximate surface area is 171 Å². The second-order valence-corrected chi connectivity index (χ2v) is 8.28. The zero-order chi connectivity index (χ0) is 19.7. The van der Waals surface area contributed by atoms with Crippen LogP contribution in [0.5, 0.6) is 0 Å². The summed E-state index contributed by atoms with van der Waals surface area (Å²) >= 11 is 6.14. The number of carbonyl (C=O) groups is 1. The number of likely N-dealkylation sites (tertiary alicyclic amines) is 1. The van der Waals surface area contributed by atoms with Crippen molar-refractivity contribution < 1.29 is 4.79 Å². The molecule has 6 nitrogen and oxygen atoms in total. The van der Waals surface area contributed by atoms with Gasteiger partial charge in [-0.05, 0) is 44.0 Å². The summed E-state index contributed by atoms with van der Waals surface area (Å²) in [5, 5.41) is 5.11. The molecule has 0 bridgehead atoms. The molecule has 0 saturated carbocycles. The highest BCUT2D eigenvalue weighted by Crippen LogP contribution is 2.24. The summed E-state index contributed by atoms with van der Waals surface area (Å²) in [7, 11) is 1.84. The van der Waals surface area contributed by atoms with E-state index in [2.05, 4.69) is 21.0 Å². The van der Waals surface area contributed by atoms with Gasteiger partial charge >= 0.3 is 0 Å². The van der Waals surface area contributed by atoms with Crippen LogP contribution in [0.25, 0.3) is 0 Å². The van der Waals surface area contributed by atoms with E-state index in [1.54, 1.807) is 4.68 Å². The van der Waals surface area contributed by atoms with E-state index in [1.165, 1.54) is 5.69 Å². The molecule has 2 saturated heterocycles. The average molecular weight is 402 g/mol. The minimum absolute atomic E-state index is 0.102. The number of hydrogen-bond donors (Lipinski definition) is 0.